The molecule has 2 saturated carbocycles. The molecule has 0 aromatic heterocycles. The molecule has 8 rings (SSSR count). The maximum Gasteiger partial charge on any atom is 0.262 e. The van der Waals surface area contributed by atoms with Crippen LogP contribution in [0.25, 0.3) is 0 Å². The number of nitrogens with zero attached hydrogens (tertiary/aromatic N) is 4. The van der Waals surface area contributed by atoms with Crippen molar-refractivity contribution in [2.45, 2.75) is 97.2 Å². The summed E-state index contributed by atoms with van der Waals surface area (Å²) in [6, 6.07) is 20.2. The molecule has 12 heteroatoms. The zero-order valence-electron chi connectivity index (χ0n) is 34.7. The molecule has 5 amide bonds. The van der Waals surface area contributed by atoms with Gasteiger partial charge in [-0.3, -0.25) is 39.1 Å². The van der Waals surface area contributed by atoms with Crippen molar-refractivity contribution >= 4 is 35.2 Å². The fourth-order valence-electron chi connectivity index (χ4n) is 10.8. The monoisotopic (exact) mass is 798 g/mol. The first-order valence-corrected chi connectivity index (χ1v) is 21.1. The van der Waals surface area contributed by atoms with Gasteiger partial charge in [-0.2, -0.15) is 5.26 Å². The number of nitrogens with one attached hydrogen (secondary N) is 2. The van der Waals surface area contributed by atoms with Gasteiger partial charge in [0.1, 0.15) is 17.9 Å². The van der Waals surface area contributed by atoms with E-state index >= 15 is 0 Å². The van der Waals surface area contributed by atoms with Gasteiger partial charge in [0, 0.05) is 67.3 Å². The number of hydrogen-bond acceptors (Lipinski definition) is 9. The molecule has 0 bridgehead atoms. The third kappa shape index (κ3) is 7.50. The molecular formula is C47H54N6O6. The molecule has 1 unspecified atom stereocenters. The lowest BCUT2D eigenvalue weighted by Gasteiger charge is -2.63. The molecule has 4 fully saturated rings. The lowest BCUT2D eigenvalue weighted by Crippen LogP contribution is -2.74. The summed E-state index contributed by atoms with van der Waals surface area (Å²) in [6.07, 6.45) is 4.69. The Hall–Kier alpha value is -5.54. The Kier molecular flexibility index (Phi) is 10.6. The summed E-state index contributed by atoms with van der Waals surface area (Å²) in [5.41, 5.74) is 4.37. The minimum absolute atomic E-state index is 0.0737. The zero-order valence-corrected chi connectivity index (χ0v) is 34.7. The first-order chi connectivity index (χ1) is 28.1. The molecule has 12 nitrogen and oxygen atoms in total. The molecule has 3 aliphatic heterocycles. The van der Waals surface area contributed by atoms with Crippen molar-refractivity contribution in [2.75, 3.05) is 37.6 Å². The minimum Gasteiger partial charge on any atom is -0.489 e. The Morgan fingerprint density at radius 2 is 1.53 bits per heavy atom. The third-order valence-corrected chi connectivity index (χ3v) is 13.9. The van der Waals surface area contributed by atoms with Crippen LogP contribution in [0.5, 0.6) is 5.75 Å². The number of imide groups is 2. The lowest BCUT2D eigenvalue weighted by atomic mass is 9.49. The van der Waals surface area contributed by atoms with Crippen molar-refractivity contribution in [2.24, 2.45) is 16.7 Å². The number of rotatable bonds is 9. The second-order valence-corrected chi connectivity index (χ2v) is 18.4. The van der Waals surface area contributed by atoms with Gasteiger partial charge in [0.2, 0.25) is 11.8 Å². The highest BCUT2D eigenvalue weighted by molar-refractivity contribution is 6.23. The van der Waals surface area contributed by atoms with Crippen LogP contribution in [0.1, 0.15) is 120 Å². The van der Waals surface area contributed by atoms with E-state index in [0.717, 1.165) is 80.3 Å². The molecule has 2 aliphatic carbocycles. The summed E-state index contributed by atoms with van der Waals surface area (Å²) in [7, 11) is 0. The summed E-state index contributed by atoms with van der Waals surface area (Å²) in [6.45, 7) is 15.0. The van der Waals surface area contributed by atoms with Crippen molar-refractivity contribution in [3.8, 4) is 11.8 Å². The van der Waals surface area contributed by atoms with Crippen molar-refractivity contribution in [3.63, 3.8) is 0 Å². The molecule has 59 heavy (non-hydrogen) atoms. The molecule has 5 aliphatic rings. The van der Waals surface area contributed by atoms with Crippen LogP contribution in [0.15, 0.2) is 60.7 Å². The maximum atomic E-state index is 13.5. The quantitative estimate of drug-likeness (QED) is 0.249. The topological polar surface area (TPSA) is 152 Å². The van der Waals surface area contributed by atoms with Crippen molar-refractivity contribution in [1.29, 1.82) is 5.26 Å². The van der Waals surface area contributed by atoms with Crippen molar-refractivity contribution in [1.82, 2.24) is 20.4 Å². The van der Waals surface area contributed by atoms with Gasteiger partial charge < -0.3 is 15.0 Å². The molecule has 2 saturated heterocycles. The van der Waals surface area contributed by atoms with E-state index in [1.54, 1.807) is 18.2 Å². The SMILES string of the molecule is Cc1cc(O[C@H]2C(C)(C)[C@H](NC(=O)c3ccc(C4CCC(CN5CCN(c6ccc7c(c6)C(=O)N(C6CCC(=O)NC6=O)C7=O)CC5)CC4)cc3)C2(C)C)ccc1C#N. The molecule has 3 aromatic rings. The van der Waals surface area contributed by atoms with E-state index in [1.165, 1.54) is 5.56 Å². The molecule has 0 spiro atoms. The Balaban J connectivity index is 0.789. The predicted octanol–water partition coefficient (Wildman–Crippen LogP) is 5.98. The number of piperidine rings is 1. The van der Waals surface area contributed by atoms with E-state index in [0.29, 0.717) is 34.1 Å². The number of benzene rings is 3. The zero-order chi connectivity index (χ0) is 41.8. The molecule has 3 aromatic carbocycles. The second kappa shape index (κ2) is 15.6. The van der Waals surface area contributed by atoms with Crippen molar-refractivity contribution < 1.29 is 28.7 Å². The Labute approximate surface area is 346 Å². The van der Waals surface area contributed by atoms with Crippen LogP contribution in [0.4, 0.5) is 5.69 Å². The van der Waals surface area contributed by atoms with Crippen LogP contribution in [0, 0.1) is 35.0 Å². The van der Waals surface area contributed by atoms with E-state index < -0.39 is 23.8 Å². The molecule has 3 heterocycles. The maximum absolute atomic E-state index is 13.5. The van der Waals surface area contributed by atoms with Gasteiger partial charge >= 0.3 is 0 Å². The molecule has 1 atom stereocenters. The summed E-state index contributed by atoms with van der Waals surface area (Å²) in [4.78, 5) is 69.9. The number of aryl methyl sites for hydroxylation is 1. The fourth-order valence-corrected chi connectivity index (χ4v) is 10.8. The number of amides is 5. The summed E-state index contributed by atoms with van der Waals surface area (Å²) in [5, 5.41) is 14.9. The van der Waals surface area contributed by atoms with Gasteiger partial charge in [0.15, 0.2) is 0 Å². The van der Waals surface area contributed by atoms with Crippen molar-refractivity contribution in [3.05, 3.63) is 94.0 Å². The van der Waals surface area contributed by atoms with Gasteiger partial charge in [-0.25, -0.2) is 0 Å². The van der Waals surface area contributed by atoms with Crippen LogP contribution in [0.3, 0.4) is 0 Å². The highest BCUT2D eigenvalue weighted by Crippen LogP contribution is 2.55. The molecule has 308 valence electrons. The Morgan fingerprint density at radius 3 is 2.17 bits per heavy atom. The van der Waals surface area contributed by atoms with Gasteiger partial charge in [-0.15, -0.1) is 0 Å². The summed E-state index contributed by atoms with van der Waals surface area (Å²) >= 11 is 0. The van der Waals surface area contributed by atoms with Crippen LogP contribution < -0.4 is 20.3 Å². The Morgan fingerprint density at radius 1 is 0.847 bits per heavy atom. The number of fused-ring (bicyclic) bond motifs is 1. The number of carbonyl (C=O) groups excluding carboxylic acids is 5. The van der Waals surface area contributed by atoms with Gasteiger partial charge in [0.25, 0.3) is 17.7 Å². The molecular weight excluding hydrogens is 745 g/mol. The van der Waals surface area contributed by atoms with E-state index in [-0.39, 0.29) is 47.6 Å². The van der Waals surface area contributed by atoms with Crippen LogP contribution in [0.2, 0.25) is 0 Å². The van der Waals surface area contributed by atoms with Crippen LogP contribution >= 0.6 is 0 Å². The van der Waals surface area contributed by atoms with Gasteiger partial charge in [-0.1, -0.05) is 39.8 Å². The van der Waals surface area contributed by atoms with E-state index in [4.69, 9.17) is 4.74 Å². The summed E-state index contributed by atoms with van der Waals surface area (Å²) in [5.74, 6) is -0.184. The summed E-state index contributed by atoms with van der Waals surface area (Å²) < 4.78 is 6.47. The lowest BCUT2D eigenvalue weighted by molar-refractivity contribution is -0.164. The number of nitriles is 1. The number of anilines is 1. The number of ether oxygens (including phenoxy) is 1. The smallest absolute Gasteiger partial charge is 0.262 e. The largest absolute Gasteiger partial charge is 0.489 e. The number of piperazine rings is 1. The average Bonchev–Trinajstić information content (AvgIpc) is 3.47. The van der Waals surface area contributed by atoms with E-state index in [9.17, 15) is 29.2 Å². The van der Waals surface area contributed by atoms with Gasteiger partial charge in [-0.05, 0) is 111 Å². The second-order valence-electron chi connectivity index (χ2n) is 18.4. The number of hydrogen-bond donors (Lipinski definition) is 2. The standard InChI is InChI=1S/C47H54N6O6/c1-28-24-35(16-14-33(28)26-48)59-45-46(2,3)44(47(45,4)5)50-40(55)32-12-10-31(11-13-32)30-8-6-29(7-9-30)27-51-20-22-52(23-21-51)34-15-17-36-37(25-34)43(58)53(42(36)57)38-18-19-39(54)49-41(38)56/h10-17,24-25,29-30,38,44-45H,6-9,18-23,27H2,1-5H3,(H,50,55)(H,49,54,56)/t29?,30?,38?,44-,45-. The molecule has 0 radical (unpaired) electrons. The fraction of sp³-hybridized carbons (Fsp3) is 0.489. The first-order valence-electron chi connectivity index (χ1n) is 21.1. The average molecular weight is 799 g/mol. The van der Waals surface area contributed by atoms with Crippen LogP contribution in [-0.2, 0) is 9.59 Å². The predicted molar refractivity (Wildman–Crippen MR) is 222 cm³/mol. The highest BCUT2D eigenvalue weighted by atomic mass is 16.5. The normalized spacial score (nSPS) is 26.4. The minimum atomic E-state index is -0.969. The van der Waals surface area contributed by atoms with E-state index in [2.05, 4.69) is 66.3 Å². The van der Waals surface area contributed by atoms with E-state index in [1.807, 2.05) is 37.3 Å². The van der Waals surface area contributed by atoms with Crippen LogP contribution in [-0.4, -0.2) is 90.2 Å². The highest BCUT2D eigenvalue weighted by Gasteiger charge is 2.64. The first kappa shape index (κ1) is 40.2. The van der Waals surface area contributed by atoms with Gasteiger partial charge in [0.05, 0.1) is 22.8 Å². The Bertz CT molecular complexity index is 2210. The molecule has 2 N–H and O–H groups in total. The number of carbonyl (C=O) groups is 5. The third-order valence-electron chi connectivity index (χ3n) is 13.9.